The van der Waals surface area contributed by atoms with Crippen LogP contribution in [0.3, 0.4) is 0 Å². The van der Waals surface area contributed by atoms with Crippen molar-refractivity contribution in [3.8, 4) is 0 Å². The molecule has 0 bridgehead atoms. The fourth-order valence-corrected chi connectivity index (χ4v) is 4.83. The average molecular weight is 400 g/mol. The molecule has 3 rings (SSSR count). The summed E-state index contributed by atoms with van der Waals surface area (Å²) in [5.74, 6) is -0.880. The van der Waals surface area contributed by atoms with Gasteiger partial charge in [0.25, 0.3) is 0 Å². The van der Waals surface area contributed by atoms with E-state index in [1.807, 2.05) is 0 Å². The second-order valence-electron chi connectivity index (χ2n) is 7.77. The second-order valence-corrected chi connectivity index (χ2v) is 10.0. The number of sulfone groups is 1. The molecule has 0 aromatic heterocycles. The molecule has 0 radical (unpaired) electrons. The Kier molecular flexibility index (Phi) is 5.86. The zero-order valence-electron chi connectivity index (χ0n) is 15.6. The highest BCUT2D eigenvalue weighted by Crippen LogP contribution is 2.39. The van der Waals surface area contributed by atoms with Crippen LogP contribution in [0.1, 0.15) is 37.7 Å². The summed E-state index contributed by atoms with van der Waals surface area (Å²) in [5.41, 5.74) is 0.0270. The van der Waals surface area contributed by atoms with Gasteiger partial charge in [-0.3, -0.25) is 9.69 Å². The van der Waals surface area contributed by atoms with Gasteiger partial charge in [0.1, 0.15) is 21.5 Å². The van der Waals surface area contributed by atoms with E-state index >= 15 is 0 Å². The van der Waals surface area contributed by atoms with Gasteiger partial charge in [-0.1, -0.05) is 0 Å². The molecule has 27 heavy (non-hydrogen) atoms. The van der Waals surface area contributed by atoms with E-state index in [0.29, 0.717) is 25.1 Å². The minimum absolute atomic E-state index is 0.0169. The van der Waals surface area contributed by atoms with Crippen LogP contribution in [0.15, 0.2) is 18.2 Å². The van der Waals surface area contributed by atoms with E-state index in [4.69, 9.17) is 0 Å². The fourth-order valence-electron chi connectivity index (χ4n) is 4.31. The molecular formula is C19H26F2N2O3S. The summed E-state index contributed by atoms with van der Waals surface area (Å²) in [6.45, 7) is 1.97. The molecule has 150 valence electrons. The molecule has 5 nitrogen and oxygen atoms in total. The Bertz CT molecular complexity index is 815. The number of hydrogen-bond donors (Lipinski definition) is 0. The van der Waals surface area contributed by atoms with Crippen LogP contribution in [0.5, 0.6) is 0 Å². The van der Waals surface area contributed by atoms with Gasteiger partial charge in [0, 0.05) is 43.4 Å². The molecule has 1 spiro atoms. The Hall–Kier alpha value is -1.54. The summed E-state index contributed by atoms with van der Waals surface area (Å²) < 4.78 is 50.4. The van der Waals surface area contributed by atoms with Gasteiger partial charge in [-0.2, -0.15) is 0 Å². The number of halogens is 2. The van der Waals surface area contributed by atoms with Crippen LogP contribution in [0, 0.1) is 11.6 Å². The van der Waals surface area contributed by atoms with Crippen LogP contribution in [0.25, 0.3) is 0 Å². The molecule has 0 aliphatic carbocycles. The molecule has 2 fully saturated rings. The van der Waals surface area contributed by atoms with Crippen LogP contribution in [-0.2, 0) is 21.2 Å². The van der Waals surface area contributed by atoms with E-state index in [1.54, 1.807) is 4.90 Å². The average Bonchev–Trinajstić information content (AvgIpc) is 2.75. The predicted molar refractivity (Wildman–Crippen MR) is 98.9 cm³/mol. The van der Waals surface area contributed by atoms with Crippen LogP contribution >= 0.6 is 0 Å². The SMILES string of the molecule is CS(=O)(=O)CCN1C(=O)CC[C@]12CCCN(Cc1cc(F)ccc1F)CC2. The van der Waals surface area contributed by atoms with Crippen molar-refractivity contribution < 1.29 is 22.0 Å². The lowest BCUT2D eigenvalue weighted by Gasteiger charge is -2.38. The van der Waals surface area contributed by atoms with Gasteiger partial charge in [0.2, 0.25) is 5.91 Å². The first-order valence-corrected chi connectivity index (χ1v) is 11.4. The lowest BCUT2D eigenvalue weighted by Crippen LogP contribution is -2.48. The molecule has 2 heterocycles. The molecule has 1 atom stereocenters. The normalized spacial score (nSPS) is 24.6. The third kappa shape index (κ3) is 4.85. The minimum Gasteiger partial charge on any atom is -0.336 e. The number of rotatable bonds is 5. The van der Waals surface area contributed by atoms with E-state index in [1.165, 1.54) is 12.3 Å². The molecule has 1 aromatic carbocycles. The summed E-state index contributed by atoms with van der Waals surface area (Å²) in [5, 5.41) is 0. The maximum absolute atomic E-state index is 13.9. The van der Waals surface area contributed by atoms with E-state index in [2.05, 4.69) is 4.90 Å². The molecule has 0 N–H and O–H groups in total. The Labute approximate surface area is 159 Å². The van der Waals surface area contributed by atoms with Gasteiger partial charge in [0.05, 0.1) is 5.75 Å². The standard InChI is InChI=1S/C19H26F2N2O3S/c1-27(25,26)12-11-23-18(24)5-7-19(23)6-2-9-22(10-8-19)14-15-13-16(20)3-4-17(15)21/h3-4,13H,2,5-12,14H2,1H3/t19-/m0/s1. The number of carbonyl (C=O) groups is 1. The molecule has 2 aliphatic heterocycles. The smallest absolute Gasteiger partial charge is 0.223 e. The number of benzene rings is 1. The quantitative estimate of drug-likeness (QED) is 0.761. The van der Waals surface area contributed by atoms with E-state index in [0.717, 1.165) is 44.4 Å². The Morgan fingerprint density at radius 2 is 1.93 bits per heavy atom. The van der Waals surface area contributed by atoms with Crippen molar-refractivity contribution in [1.82, 2.24) is 9.80 Å². The van der Waals surface area contributed by atoms with Gasteiger partial charge in [-0.25, -0.2) is 17.2 Å². The summed E-state index contributed by atoms with van der Waals surface area (Å²) in [6.07, 6.45) is 4.73. The van der Waals surface area contributed by atoms with Crippen molar-refractivity contribution in [2.75, 3.05) is 31.6 Å². The Balaban J connectivity index is 1.69. The fraction of sp³-hybridized carbons (Fsp3) is 0.632. The van der Waals surface area contributed by atoms with Crippen molar-refractivity contribution in [2.24, 2.45) is 0 Å². The van der Waals surface area contributed by atoms with Gasteiger partial charge in [-0.05, 0) is 50.4 Å². The summed E-state index contributed by atoms with van der Waals surface area (Å²) >= 11 is 0. The number of carbonyl (C=O) groups excluding carboxylic acids is 1. The van der Waals surface area contributed by atoms with Crippen molar-refractivity contribution in [3.63, 3.8) is 0 Å². The van der Waals surface area contributed by atoms with Crippen molar-refractivity contribution in [1.29, 1.82) is 0 Å². The first-order valence-electron chi connectivity index (χ1n) is 9.33. The van der Waals surface area contributed by atoms with E-state index < -0.39 is 21.5 Å². The molecular weight excluding hydrogens is 374 g/mol. The van der Waals surface area contributed by atoms with Crippen molar-refractivity contribution >= 4 is 15.7 Å². The van der Waals surface area contributed by atoms with Crippen LogP contribution in [-0.4, -0.2) is 61.3 Å². The minimum atomic E-state index is -3.14. The first-order chi connectivity index (χ1) is 12.7. The molecule has 1 aromatic rings. The van der Waals surface area contributed by atoms with E-state index in [-0.39, 0.29) is 23.7 Å². The van der Waals surface area contributed by atoms with Crippen molar-refractivity contribution in [3.05, 3.63) is 35.4 Å². The highest BCUT2D eigenvalue weighted by molar-refractivity contribution is 7.90. The second kappa shape index (κ2) is 7.83. The topological polar surface area (TPSA) is 57.7 Å². The lowest BCUT2D eigenvalue weighted by atomic mass is 9.88. The summed E-state index contributed by atoms with van der Waals surface area (Å²) in [6, 6.07) is 3.49. The van der Waals surface area contributed by atoms with Crippen LogP contribution in [0.2, 0.25) is 0 Å². The largest absolute Gasteiger partial charge is 0.336 e. The highest BCUT2D eigenvalue weighted by Gasteiger charge is 2.45. The zero-order chi connectivity index (χ0) is 19.7. The lowest BCUT2D eigenvalue weighted by molar-refractivity contribution is -0.131. The molecule has 0 saturated carbocycles. The number of amides is 1. The predicted octanol–water partition coefficient (Wildman–Crippen LogP) is 2.36. The third-order valence-electron chi connectivity index (χ3n) is 5.78. The highest BCUT2D eigenvalue weighted by atomic mass is 32.2. The van der Waals surface area contributed by atoms with Crippen LogP contribution < -0.4 is 0 Å². The third-order valence-corrected chi connectivity index (χ3v) is 6.70. The zero-order valence-corrected chi connectivity index (χ0v) is 16.4. The molecule has 2 aliphatic rings. The molecule has 8 heteroatoms. The van der Waals surface area contributed by atoms with Crippen molar-refractivity contribution in [2.45, 2.75) is 44.2 Å². The van der Waals surface area contributed by atoms with Gasteiger partial charge in [-0.15, -0.1) is 0 Å². The van der Waals surface area contributed by atoms with E-state index in [9.17, 15) is 22.0 Å². The summed E-state index contributed by atoms with van der Waals surface area (Å²) in [4.78, 5) is 16.2. The number of nitrogens with zero attached hydrogens (tertiary/aromatic N) is 2. The molecule has 2 saturated heterocycles. The van der Waals surface area contributed by atoms with Gasteiger partial charge < -0.3 is 4.90 Å². The maximum Gasteiger partial charge on any atom is 0.223 e. The molecule has 0 unspecified atom stereocenters. The Morgan fingerprint density at radius 1 is 1.15 bits per heavy atom. The first kappa shape index (κ1) is 20.2. The number of likely N-dealkylation sites (tertiary alicyclic amines) is 2. The van der Waals surface area contributed by atoms with Gasteiger partial charge in [0.15, 0.2) is 0 Å². The van der Waals surface area contributed by atoms with Crippen LogP contribution in [0.4, 0.5) is 8.78 Å². The van der Waals surface area contributed by atoms with Gasteiger partial charge >= 0.3 is 0 Å². The molecule has 1 amide bonds. The monoisotopic (exact) mass is 400 g/mol. The maximum atomic E-state index is 13.9. The summed E-state index contributed by atoms with van der Waals surface area (Å²) in [7, 11) is -3.14. The number of hydrogen-bond acceptors (Lipinski definition) is 4. The Morgan fingerprint density at radius 3 is 2.67 bits per heavy atom.